The zero-order valence-corrected chi connectivity index (χ0v) is 7.24. The topological polar surface area (TPSA) is 9.23 Å². The first kappa shape index (κ1) is 16.6. The summed E-state index contributed by atoms with van der Waals surface area (Å²) in [5.74, 6) is 0. The van der Waals surface area contributed by atoms with Crippen LogP contribution < -0.4 is 37.7 Å². The van der Waals surface area contributed by atoms with Crippen molar-refractivity contribution in [2.45, 2.75) is 26.7 Å². The Balaban J connectivity index is -0.0000000300. The fraction of sp³-hybridized carbons (Fsp3) is 1.00. The average Bonchev–Trinajstić information content (AvgIpc) is 1.69. The van der Waals surface area contributed by atoms with Gasteiger partial charge in [0, 0.05) is 13.2 Å². The Kier molecular flexibility index (Phi) is 29.7. The summed E-state index contributed by atoms with van der Waals surface area (Å²) >= 11 is 0. The molecule has 0 rings (SSSR count). The minimum atomic E-state index is 0. The molecule has 0 aliphatic heterocycles. The van der Waals surface area contributed by atoms with Crippen LogP contribution in [0, 0.1) is 0 Å². The van der Waals surface area contributed by atoms with Gasteiger partial charge in [0.15, 0.2) is 0 Å². The van der Waals surface area contributed by atoms with Crippen molar-refractivity contribution in [2.75, 3.05) is 13.2 Å². The number of hydrogen-bond donors (Lipinski definition) is 0. The molecule has 0 fully saturated rings. The van der Waals surface area contributed by atoms with Crippen LogP contribution in [0.5, 0.6) is 0 Å². The van der Waals surface area contributed by atoms with Gasteiger partial charge in [0.2, 0.25) is 0 Å². The van der Waals surface area contributed by atoms with Crippen molar-refractivity contribution in [2.24, 2.45) is 0 Å². The second kappa shape index (κ2) is 16.1. The van der Waals surface area contributed by atoms with Crippen molar-refractivity contribution in [3.63, 3.8) is 0 Å². The summed E-state index contributed by atoms with van der Waals surface area (Å²) in [5, 5.41) is 0. The summed E-state index contributed by atoms with van der Waals surface area (Å²) in [4.78, 5) is 0. The van der Waals surface area contributed by atoms with Crippen molar-refractivity contribution in [1.29, 1.82) is 0 Å². The normalized spacial score (nSPS) is 7.33. The molecule has 0 saturated heterocycles. The molecule has 0 heterocycles. The summed E-state index contributed by atoms with van der Waals surface area (Å²) in [7, 11) is 0. The maximum Gasteiger partial charge on any atom is 1.00 e. The molecule has 48 valence electrons. The molecule has 0 radical (unpaired) electrons. The maximum atomic E-state index is 5.13. The van der Waals surface area contributed by atoms with Gasteiger partial charge in [0.25, 0.3) is 0 Å². The van der Waals surface area contributed by atoms with Gasteiger partial charge in [-0.2, -0.15) is 0 Å². The molecule has 0 spiro atoms. The second-order valence-electron chi connectivity index (χ2n) is 1.61. The SMILES string of the molecule is CCCOCCC.[H-].[H-].[Li+].[Li+]. The molecule has 3 heteroatoms. The first-order valence-electron chi connectivity index (χ1n) is 2.99. The Bertz CT molecular complexity index is 37.8. The van der Waals surface area contributed by atoms with Gasteiger partial charge >= 0.3 is 37.7 Å². The molecule has 9 heavy (non-hydrogen) atoms. The van der Waals surface area contributed by atoms with Crippen molar-refractivity contribution in [1.82, 2.24) is 0 Å². The van der Waals surface area contributed by atoms with Gasteiger partial charge in [-0.3, -0.25) is 0 Å². The predicted octanol–water partition coefficient (Wildman–Crippen LogP) is -3.94. The van der Waals surface area contributed by atoms with Gasteiger partial charge in [-0.05, 0) is 12.8 Å². The minimum Gasteiger partial charge on any atom is -1.00 e. The van der Waals surface area contributed by atoms with Crippen molar-refractivity contribution in [3.05, 3.63) is 0 Å². The first-order valence-corrected chi connectivity index (χ1v) is 2.99. The van der Waals surface area contributed by atoms with Gasteiger partial charge < -0.3 is 7.59 Å². The van der Waals surface area contributed by atoms with E-state index in [-0.39, 0.29) is 40.6 Å². The molecule has 0 aromatic heterocycles. The Morgan fingerprint density at radius 3 is 1.56 bits per heavy atom. The number of hydrogen-bond acceptors (Lipinski definition) is 1. The van der Waals surface area contributed by atoms with Crippen LogP contribution in [0.2, 0.25) is 0 Å². The van der Waals surface area contributed by atoms with Crippen LogP contribution in [0.1, 0.15) is 29.5 Å². The summed E-state index contributed by atoms with van der Waals surface area (Å²) in [5.41, 5.74) is 0. The van der Waals surface area contributed by atoms with Crippen molar-refractivity contribution < 1.29 is 45.3 Å². The molecule has 1 nitrogen and oxygen atoms in total. The van der Waals surface area contributed by atoms with Crippen LogP contribution in [-0.2, 0) is 4.74 Å². The largest absolute Gasteiger partial charge is 1.00 e. The summed E-state index contributed by atoms with van der Waals surface area (Å²) in [6.45, 7) is 6.09. The second-order valence-corrected chi connectivity index (χ2v) is 1.61. The molecule has 0 bridgehead atoms. The molecule has 0 saturated carbocycles. The van der Waals surface area contributed by atoms with Crippen LogP contribution in [0.15, 0.2) is 0 Å². The fourth-order valence-corrected chi connectivity index (χ4v) is 0.391. The van der Waals surface area contributed by atoms with Crippen LogP contribution in [0.3, 0.4) is 0 Å². The Morgan fingerprint density at radius 1 is 1.00 bits per heavy atom. The molecule has 0 unspecified atom stereocenters. The smallest absolute Gasteiger partial charge is 1.00 e. The Labute approximate surface area is 85.2 Å². The van der Waals surface area contributed by atoms with Crippen molar-refractivity contribution in [3.8, 4) is 0 Å². The molecule has 0 atom stereocenters. The van der Waals surface area contributed by atoms with E-state index in [0.717, 1.165) is 26.1 Å². The first-order chi connectivity index (χ1) is 3.41. The van der Waals surface area contributed by atoms with Crippen molar-refractivity contribution >= 4 is 0 Å². The van der Waals surface area contributed by atoms with E-state index >= 15 is 0 Å². The van der Waals surface area contributed by atoms with E-state index < -0.39 is 0 Å². The molecule has 0 amide bonds. The van der Waals surface area contributed by atoms with Crippen LogP contribution in [0.4, 0.5) is 0 Å². The minimum absolute atomic E-state index is 0. The third kappa shape index (κ3) is 17.6. The maximum absolute atomic E-state index is 5.13. The van der Waals surface area contributed by atoms with Gasteiger partial charge in [-0.15, -0.1) is 0 Å². The van der Waals surface area contributed by atoms with Crippen LogP contribution in [-0.4, -0.2) is 13.2 Å². The Hall–Kier alpha value is 1.15. The summed E-state index contributed by atoms with van der Waals surface area (Å²) in [6.07, 6.45) is 2.28. The average molecular weight is 118 g/mol. The monoisotopic (exact) mass is 118 g/mol. The van der Waals surface area contributed by atoms with E-state index in [2.05, 4.69) is 13.8 Å². The van der Waals surface area contributed by atoms with Crippen LogP contribution >= 0.6 is 0 Å². The Morgan fingerprint density at radius 2 is 1.33 bits per heavy atom. The van der Waals surface area contributed by atoms with Gasteiger partial charge in [-0.1, -0.05) is 13.8 Å². The van der Waals surface area contributed by atoms with E-state index in [1.807, 2.05) is 0 Å². The zero-order chi connectivity index (χ0) is 5.54. The van der Waals surface area contributed by atoms with Gasteiger partial charge in [-0.25, -0.2) is 0 Å². The summed E-state index contributed by atoms with van der Waals surface area (Å²) in [6, 6.07) is 0. The zero-order valence-electron chi connectivity index (χ0n) is 9.24. The van der Waals surface area contributed by atoms with E-state index in [4.69, 9.17) is 4.74 Å². The quantitative estimate of drug-likeness (QED) is 0.270. The van der Waals surface area contributed by atoms with E-state index in [1.54, 1.807) is 0 Å². The molecule has 0 aliphatic carbocycles. The fourth-order valence-electron chi connectivity index (χ4n) is 0.391. The summed E-state index contributed by atoms with van der Waals surface area (Å²) < 4.78 is 5.13. The molecule has 0 aromatic rings. The third-order valence-electron chi connectivity index (χ3n) is 0.697. The molecular weight excluding hydrogens is 102 g/mol. The molecule has 0 aliphatic rings. The number of ether oxygens (including phenoxy) is 1. The number of rotatable bonds is 4. The molecule has 0 aromatic carbocycles. The van der Waals surface area contributed by atoms with E-state index in [1.165, 1.54) is 0 Å². The van der Waals surface area contributed by atoms with Crippen LogP contribution in [0.25, 0.3) is 0 Å². The van der Waals surface area contributed by atoms with Gasteiger partial charge in [0.05, 0.1) is 0 Å². The van der Waals surface area contributed by atoms with E-state index in [0.29, 0.717) is 0 Å². The predicted molar refractivity (Wildman–Crippen MR) is 33.6 cm³/mol. The molecular formula is C6H16Li2O. The van der Waals surface area contributed by atoms with Gasteiger partial charge in [0.1, 0.15) is 0 Å². The molecule has 0 N–H and O–H groups in total. The van der Waals surface area contributed by atoms with E-state index in [9.17, 15) is 0 Å². The standard InChI is InChI=1S/C6H14O.2Li.2H/c1-3-5-7-6-4-2;;;;/h3-6H2,1-2H3;;;;/q;2*+1;2*-1. The third-order valence-corrected chi connectivity index (χ3v) is 0.697.